The zero-order chi connectivity index (χ0) is 19.4. The van der Waals surface area contributed by atoms with Gasteiger partial charge in [-0.25, -0.2) is 0 Å². The Labute approximate surface area is 159 Å². The first-order valence-electron chi connectivity index (χ1n) is 9.05. The first-order chi connectivity index (χ1) is 12.9. The Balaban J connectivity index is 1.55. The van der Waals surface area contributed by atoms with Crippen molar-refractivity contribution >= 4 is 22.7 Å². The molecule has 0 fully saturated rings. The molecule has 0 aliphatic heterocycles. The van der Waals surface area contributed by atoms with Crippen molar-refractivity contribution in [3.8, 4) is 0 Å². The van der Waals surface area contributed by atoms with Crippen LogP contribution in [0.2, 0.25) is 0 Å². The number of Topliss-reactive ketones (excluding diaryl/α,β-unsaturated/α-hetero) is 1. The third kappa shape index (κ3) is 4.59. The Bertz CT molecular complexity index is 984. The van der Waals surface area contributed by atoms with Crippen LogP contribution in [0, 0.1) is 20.8 Å². The van der Waals surface area contributed by atoms with Crippen LogP contribution >= 0.6 is 0 Å². The second-order valence-electron chi connectivity index (χ2n) is 6.85. The molecule has 0 aliphatic carbocycles. The number of pyridine rings is 1. The molecule has 1 aromatic heterocycles. The SMILES string of the molecule is Cc1cc(C)c(C(=O)COC(=O)CCc2ccc3ccccc3n2)c(C)c1. The van der Waals surface area contributed by atoms with Gasteiger partial charge in [-0.2, -0.15) is 0 Å². The molecule has 4 heteroatoms. The Morgan fingerprint density at radius 3 is 2.41 bits per heavy atom. The van der Waals surface area contributed by atoms with E-state index in [2.05, 4.69) is 4.98 Å². The molecule has 1 heterocycles. The number of aromatic nitrogens is 1. The lowest BCUT2D eigenvalue weighted by molar-refractivity contribution is -0.142. The average Bonchev–Trinajstić information content (AvgIpc) is 2.63. The van der Waals surface area contributed by atoms with E-state index in [0.717, 1.165) is 33.3 Å². The van der Waals surface area contributed by atoms with E-state index >= 15 is 0 Å². The molecule has 2 aromatic carbocycles. The lowest BCUT2D eigenvalue weighted by atomic mass is 9.97. The fourth-order valence-corrected chi connectivity index (χ4v) is 3.39. The van der Waals surface area contributed by atoms with Gasteiger partial charge in [0, 0.05) is 23.1 Å². The van der Waals surface area contributed by atoms with Crippen LogP contribution < -0.4 is 0 Å². The van der Waals surface area contributed by atoms with Crippen LogP contribution in [-0.4, -0.2) is 23.3 Å². The van der Waals surface area contributed by atoms with Crippen LogP contribution in [0.1, 0.15) is 39.2 Å². The first kappa shape index (κ1) is 18.8. The van der Waals surface area contributed by atoms with Crippen molar-refractivity contribution in [3.05, 3.63) is 76.5 Å². The van der Waals surface area contributed by atoms with Crippen LogP contribution in [0.5, 0.6) is 0 Å². The summed E-state index contributed by atoms with van der Waals surface area (Å²) in [5.74, 6) is -0.553. The molecule has 0 bridgehead atoms. The van der Waals surface area contributed by atoms with Crippen LogP contribution in [0.25, 0.3) is 10.9 Å². The third-order valence-corrected chi connectivity index (χ3v) is 4.56. The summed E-state index contributed by atoms with van der Waals surface area (Å²) in [6.45, 7) is 5.57. The maximum Gasteiger partial charge on any atom is 0.306 e. The molecule has 0 radical (unpaired) electrons. The molecule has 0 saturated carbocycles. The number of carbonyl (C=O) groups is 2. The van der Waals surface area contributed by atoms with Crippen molar-refractivity contribution in [2.75, 3.05) is 6.61 Å². The van der Waals surface area contributed by atoms with Gasteiger partial charge < -0.3 is 4.74 Å². The van der Waals surface area contributed by atoms with Crippen LogP contribution in [-0.2, 0) is 16.0 Å². The minimum atomic E-state index is -0.388. The molecule has 0 unspecified atom stereocenters. The van der Waals surface area contributed by atoms with Gasteiger partial charge in [-0.05, 0) is 44.0 Å². The predicted octanol–water partition coefficient (Wildman–Crippen LogP) is 4.52. The maximum absolute atomic E-state index is 12.4. The zero-order valence-electron chi connectivity index (χ0n) is 15.9. The van der Waals surface area contributed by atoms with Gasteiger partial charge in [0.15, 0.2) is 6.61 Å². The number of ketones is 1. The van der Waals surface area contributed by atoms with E-state index in [1.807, 2.05) is 69.3 Å². The van der Waals surface area contributed by atoms with E-state index in [9.17, 15) is 9.59 Å². The van der Waals surface area contributed by atoms with Crippen molar-refractivity contribution in [1.82, 2.24) is 4.98 Å². The van der Waals surface area contributed by atoms with Crippen molar-refractivity contribution in [1.29, 1.82) is 0 Å². The molecular weight excluding hydrogens is 338 g/mol. The molecule has 4 nitrogen and oxygen atoms in total. The molecule has 27 heavy (non-hydrogen) atoms. The highest BCUT2D eigenvalue weighted by Gasteiger charge is 2.15. The van der Waals surface area contributed by atoms with E-state index in [0.29, 0.717) is 12.0 Å². The summed E-state index contributed by atoms with van der Waals surface area (Å²) in [5, 5.41) is 1.07. The molecule has 0 amide bonds. The second-order valence-corrected chi connectivity index (χ2v) is 6.85. The molecule has 0 N–H and O–H groups in total. The van der Waals surface area contributed by atoms with Gasteiger partial charge in [-0.15, -0.1) is 0 Å². The lowest BCUT2D eigenvalue weighted by Crippen LogP contribution is -2.16. The van der Waals surface area contributed by atoms with Crippen LogP contribution in [0.3, 0.4) is 0 Å². The molecule has 138 valence electrons. The summed E-state index contributed by atoms with van der Waals surface area (Å²) in [6, 6.07) is 15.7. The lowest BCUT2D eigenvalue weighted by Gasteiger charge is -2.11. The number of fused-ring (bicyclic) bond motifs is 1. The van der Waals surface area contributed by atoms with E-state index in [4.69, 9.17) is 4.74 Å². The van der Waals surface area contributed by atoms with E-state index in [1.54, 1.807) is 0 Å². The molecule has 3 rings (SSSR count). The first-order valence-corrected chi connectivity index (χ1v) is 9.05. The largest absolute Gasteiger partial charge is 0.457 e. The maximum atomic E-state index is 12.4. The van der Waals surface area contributed by atoms with Crippen LogP contribution in [0.4, 0.5) is 0 Å². The van der Waals surface area contributed by atoms with Crippen molar-refractivity contribution in [3.63, 3.8) is 0 Å². The van der Waals surface area contributed by atoms with E-state index in [-0.39, 0.29) is 24.8 Å². The standard InChI is InChI=1S/C23H23NO3/c1-15-12-16(2)23(17(3)13-15)21(25)14-27-22(26)11-10-19-9-8-18-6-4-5-7-20(18)24-19/h4-9,12-13H,10-11,14H2,1-3H3. The van der Waals surface area contributed by atoms with E-state index in [1.165, 1.54) is 0 Å². The number of rotatable bonds is 6. The number of aryl methyl sites for hydroxylation is 4. The second kappa shape index (κ2) is 8.12. The van der Waals surface area contributed by atoms with Crippen molar-refractivity contribution in [2.45, 2.75) is 33.6 Å². The highest BCUT2D eigenvalue weighted by Crippen LogP contribution is 2.17. The Hall–Kier alpha value is -3.01. The summed E-state index contributed by atoms with van der Waals surface area (Å²) in [7, 11) is 0. The van der Waals surface area contributed by atoms with Gasteiger partial charge in [-0.1, -0.05) is 42.0 Å². The van der Waals surface area contributed by atoms with Gasteiger partial charge >= 0.3 is 5.97 Å². The van der Waals surface area contributed by atoms with Gasteiger partial charge in [0.25, 0.3) is 0 Å². The number of para-hydroxylation sites is 1. The number of hydrogen-bond acceptors (Lipinski definition) is 4. The summed E-state index contributed by atoms with van der Waals surface area (Å²) in [5.41, 5.74) is 5.32. The van der Waals surface area contributed by atoms with Crippen molar-refractivity contribution < 1.29 is 14.3 Å². The number of benzene rings is 2. The monoisotopic (exact) mass is 361 g/mol. The Morgan fingerprint density at radius 1 is 0.963 bits per heavy atom. The van der Waals surface area contributed by atoms with Crippen LogP contribution in [0.15, 0.2) is 48.5 Å². The van der Waals surface area contributed by atoms with Crippen molar-refractivity contribution in [2.24, 2.45) is 0 Å². The Morgan fingerprint density at radius 2 is 1.67 bits per heavy atom. The number of nitrogens with zero attached hydrogens (tertiary/aromatic N) is 1. The number of hydrogen-bond donors (Lipinski definition) is 0. The van der Waals surface area contributed by atoms with Gasteiger partial charge in [0.1, 0.15) is 0 Å². The van der Waals surface area contributed by atoms with Gasteiger partial charge in [0.05, 0.1) is 11.9 Å². The molecule has 0 spiro atoms. The molecule has 3 aromatic rings. The normalized spacial score (nSPS) is 10.8. The molecule has 0 saturated heterocycles. The minimum absolute atomic E-state index is 0.165. The number of carbonyl (C=O) groups excluding carboxylic acids is 2. The van der Waals surface area contributed by atoms with Gasteiger partial charge in [0.2, 0.25) is 5.78 Å². The number of esters is 1. The summed E-state index contributed by atoms with van der Waals surface area (Å²) in [6.07, 6.45) is 0.685. The highest BCUT2D eigenvalue weighted by atomic mass is 16.5. The smallest absolute Gasteiger partial charge is 0.306 e. The zero-order valence-corrected chi connectivity index (χ0v) is 15.9. The highest BCUT2D eigenvalue weighted by molar-refractivity contribution is 6.00. The fourth-order valence-electron chi connectivity index (χ4n) is 3.39. The number of ether oxygens (including phenoxy) is 1. The fraction of sp³-hybridized carbons (Fsp3) is 0.261. The average molecular weight is 361 g/mol. The minimum Gasteiger partial charge on any atom is -0.457 e. The molecular formula is C23H23NO3. The third-order valence-electron chi connectivity index (χ3n) is 4.56. The summed E-state index contributed by atoms with van der Waals surface area (Å²) < 4.78 is 5.19. The molecule has 0 atom stereocenters. The predicted molar refractivity (Wildman–Crippen MR) is 106 cm³/mol. The summed E-state index contributed by atoms with van der Waals surface area (Å²) >= 11 is 0. The van der Waals surface area contributed by atoms with Gasteiger partial charge in [-0.3, -0.25) is 14.6 Å². The van der Waals surface area contributed by atoms with E-state index < -0.39 is 0 Å². The Kier molecular flexibility index (Phi) is 5.65. The quantitative estimate of drug-likeness (QED) is 0.478. The summed E-state index contributed by atoms with van der Waals surface area (Å²) in [4.78, 5) is 29.0. The molecule has 0 aliphatic rings. The topological polar surface area (TPSA) is 56.3 Å².